The summed E-state index contributed by atoms with van der Waals surface area (Å²) < 4.78 is 58.4. The van der Waals surface area contributed by atoms with Gasteiger partial charge in [0.05, 0.1) is 23.3 Å². The number of pyridine rings is 1. The summed E-state index contributed by atoms with van der Waals surface area (Å²) in [6, 6.07) is 7.01. The minimum Gasteiger partial charge on any atom is -0.494 e. The number of ether oxygens (including phenoxy) is 2. The van der Waals surface area contributed by atoms with E-state index in [9.17, 15) is 18.0 Å². The minimum absolute atomic E-state index is 0.0541. The van der Waals surface area contributed by atoms with E-state index in [0.717, 1.165) is 6.07 Å². The smallest absolute Gasteiger partial charge is 0.417 e. The summed E-state index contributed by atoms with van der Waals surface area (Å²) in [4.78, 5) is 16.1. The number of hydrogen-bond acceptors (Lipinski definition) is 6. The zero-order chi connectivity index (χ0) is 22.3. The summed E-state index contributed by atoms with van der Waals surface area (Å²) in [5.41, 5.74) is -0.455. The van der Waals surface area contributed by atoms with Gasteiger partial charge in [-0.3, -0.25) is 4.68 Å². The second kappa shape index (κ2) is 7.60. The lowest BCUT2D eigenvalue weighted by Crippen LogP contribution is -2.09. The van der Waals surface area contributed by atoms with Gasteiger partial charge in [0, 0.05) is 30.1 Å². The molecule has 1 aromatic carbocycles. The van der Waals surface area contributed by atoms with Gasteiger partial charge in [0.15, 0.2) is 5.65 Å². The molecule has 31 heavy (non-hydrogen) atoms. The van der Waals surface area contributed by atoms with Crippen LogP contribution in [0.4, 0.5) is 13.2 Å². The number of aromatic nitrogens is 3. The first-order valence-corrected chi connectivity index (χ1v) is 9.41. The third-order valence-corrected chi connectivity index (χ3v) is 4.74. The van der Waals surface area contributed by atoms with Crippen LogP contribution in [-0.2, 0) is 19.8 Å². The SMILES string of the molecule is CCOc1ccc2oc(=O)cc(COc3cc(C(F)(F)F)c4c(C)nn(C)c4n3)c2c1. The molecule has 3 aromatic heterocycles. The fourth-order valence-corrected chi connectivity index (χ4v) is 3.45. The molecule has 162 valence electrons. The summed E-state index contributed by atoms with van der Waals surface area (Å²) in [5.74, 6) is 0.333. The minimum atomic E-state index is -4.61. The first-order chi connectivity index (χ1) is 14.7. The Balaban J connectivity index is 1.76. The maximum Gasteiger partial charge on any atom is 0.417 e. The van der Waals surface area contributed by atoms with E-state index < -0.39 is 17.4 Å². The molecule has 0 saturated carbocycles. The predicted molar refractivity (Wildman–Crippen MR) is 106 cm³/mol. The lowest BCUT2D eigenvalue weighted by Gasteiger charge is -2.13. The molecule has 0 N–H and O–H groups in total. The third-order valence-electron chi connectivity index (χ3n) is 4.74. The Bertz CT molecular complexity index is 1340. The van der Waals surface area contributed by atoms with Crippen LogP contribution >= 0.6 is 0 Å². The predicted octanol–water partition coefficient (Wildman–Crippen LogP) is 4.38. The van der Waals surface area contributed by atoms with Gasteiger partial charge in [-0.1, -0.05) is 0 Å². The second-order valence-electron chi connectivity index (χ2n) is 6.88. The van der Waals surface area contributed by atoms with Crippen LogP contribution in [0.3, 0.4) is 0 Å². The maximum absolute atomic E-state index is 13.6. The van der Waals surface area contributed by atoms with Crippen LogP contribution < -0.4 is 15.1 Å². The van der Waals surface area contributed by atoms with Crippen molar-refractivity contribution in [1.29, 1.82) is 0 Å². The molecule has 4 rings (SSSR count). The highest BCUT2D eigenvalue weighted by atomic mass is 19.4. The van der Waals surface area contributed by atoms with E-state index in [1.54, 1.807) is 18.2 Å². The van der Waals surface area contributed by atoms with Crippen molar-refractivity contribution in [3.05, 3.63) is 57.6 Å². The summed E-state index contributed by atoms with van der Waals surface area (Å²) in [7, 11) is 1.51. The van der Waals surface area contributed by atoms with E-state index in [1.807, 2.05) is 6.92 Å². The molecule has 4 aromatic rings. The Labute approximate surface area is 174 Å². The molecule has 0 fully saturated rings. The van der Waals surface area contributed by atoms with Gasteiger partial charge >= 0.3 is 11.8 Å². The highest BCUT2D eigenvalue weighted by Gasteiger charge is 2.35. The van der Waals surface area contributed by atoms with Crippen LogP contribution in [-0.4, -0.2) is 21.4 Å². The molecule has 0 radical (unpaired) electrons. The van der Waals surface area contributed by atoms with E-state index in [1.165, 1.54) is 24.7 Å². The molecule has 0 amide bonds. The molecule has 10 heteroatoms. The zero-order valence-corrected chi connectivity index (χ0v) is 16.9. The molecular formula is C21H18F3N3O4. The van der Waals surface area contributed by atoms with E-state index in [2.05, 4.69) is 10.1 Å². The second-order valence-corrected chi connectivity index (χ2v) is 6.88. The molecule has 0 spiro atoms. The Morgan fingerprint density at radius 2 is 1.94 bits per heavy atom. The number of halogens is 3. The molecule has 0 unspecified atom stereocenters. The van der Waals surface area contributed by atoms with Gasteiger partial charge < -0.3 is 13.9 Å². The number of hydrogen-bond donors (Lipinski definition) is 0. The van der Waals surface area contributed by atoms with Gasteiger partial charge in [-0.25, -0.2) is 4.79 Å². The molecular weight excluding hydrogens is 415 g/mol. The Morgan fingerprint density at radius 1 is 1.16 bits per heavy atom. The largest absolute Gasteiger partial charge is 0.494 e. The Kier molecular flexibility index (Phi) is 5.08. The fourth-order valence-electron chi connectivity index (χ4n) is 3.45. The van der Waals surface area contributed by atoms with Crippen LogP contribution in [0, 0.1) is 6.92 Å². The Hall–Kier alpha value is -3.56. The number of benzene rings is 1. The van der Waals surface area contributed by atoms with E-state index >= 15 is 0 Å². The van der Waals surface area contributed by atoms with Gasteiger partial charge in [0.25, 0.3) is 0 Å². The van der Waals surface area contributed by atoms with Crippen LogP contribution in [0.5, 0.6) is 11.6 Å². The molecule has 0 aliphatic carbocycles. The topological polar surface area (TPSA) is 79.4 Å². The lowest BCUT2D eigenvalue weighted by molar-refractivity contribution is -0.136. The fraction of sp³-hybridized carbons (Fsp3) is 0.286. The number of fused-ring (bicyclic) bond motifs is 2. The van der Waals surface area contributed by atoms with Crippen LogP contribution in [0.1, 0.15) is 23.7 Å². The molecule has 3 heterocycles. The van der Waals surface area contributed by atoms with Crippen molar-refractivity contribution in [2.45, 2.75) is 26.6 Å². The molecule has 0 aliphatic heterocycles. The zero-order valence-electron chi connectivity index (χ0n) is 16.9. The summed E-state index contributed by atoms with van der Waals surface area (Å²) in [5, 5.41) is 4.51. The lowest BCUT2D eigenvalue weighted by atomic mass is 10.1. The number of aryl methyl sites for hydroxylation is 2. The van der Waals surface area contributed by atoms with Crippen molar-refractivity contribution >= 4 is 22.0 Å². The summed E-state index contributed by atoms with van der Waals surface area (Å²) in [6.45, 7) is 3.58. The highest BCUT2D eigenvalue weighted by molar-refractivity contribution is 5.83. The first kappa shape index (κ1) is 20.7. The highest BCUT2D eigenvalue weighted by Crippen LogP contribution is 2.37. The molecule has 0 saturated heterocycles. The van der Waals surface area contributed by atoms with Crippen LogP contribution in [0.2, 0.25) is 0 Å². The number of alkyl halides is 3. The van der Waals surface area contributed by atoms with Gasteiger partial charge in [-0.05, 0) is 32.0 Å². The van der Waals surface area contributed by atoms with Gasteiger partial charge in [0.2, 0.25) is 5.88 Å². The average Bonchev–Trinajstić information content (AvgIpc) is 2.99. The molecule has 7 nitrogen and oxygen atoms in total. The van der Waals surface area contributed by atoms with Crippen molar-refractivity contribution in [3.63, 3.8) is 0 Å². The summed E-state index contributed by atoms with van der Waals surface area (Å²) >= 11 is 0. The van der Waals surface area contributed by atoms with Crippen LogP contribution in [0.15, 0.2) is 39.5 Å². The third kappa shape index (κ3) is 3.92. The van der Waals surface area contributed by atoms with Crippen molar-refractivity contribution in [3.8, 4) is 11.6 Å². The van der Waals surface area contributed by atoms with Gasteiger partial charge in [-0.15, -0.1) is 0 Å². The molecule has 0 bridgehead atoms. The van der Waals surface area contributed by atoms with Crippen molar-refractivity contribution < 1.29 is 27.1 Å². The van der Waals surface area contributed by atoms with Crippen molar-refractivity contribution in [2.75, 3.05) is 6.61 Å². The number of rotatable bonds is 5. The maximum atomic E-state index is 13.6. The first-order valence-electron chi connectivity index (χ1n) is 9.41. The normalized spacial score (nSPS) is 11.9. The molecule has 0 atom stereocenters. The van der Waals surface area contributed by atoms with Gasteiger partial charge in [-0.2, -0.15) is 23.3 Å². The number of nitrogens with zero attached hydrogens (tertiary/aromatic N) is 3. The van der Waals surface area contributed by atoms with E-state index in [0.29, 0.717) is 28.9 Å². The van der Waals surface area contributed by atoms with Crippen LogP contribution in [0.25, 0.3) is 22.0 Å². The van der Waals surface area contributed by atoms with Gasteiger partial charge in [0.1, 0.15) is 17.9 Å². The van der Waals surface area contributed by atoms with Crippen molar-refractivity contribution in [2.24, 2.45) is 7.05 Å². The van der Waals surface area contributed by atoms with E-state index in [-0.39, 0.29) is 29.2 Å². The monoisotopic (exact) mass is 433 g/mol. The standard InChI is InChI=1S/C21H18F3N3O4/c1-4-29-13-5-6-16-14(8-13)12(7-18(28)31-16)10-30-17-9-15(21(22,23)24)19-11(2)26-27(3)20(19)25-17/h5-9H,4,10H2,1-3H3. The summed E-state index contributed by atoms with van der Waals surface area (Å²) in [6.07, 6.45) is -4.61. The quantitative estimate of drug-likeness (QED) is 0.435. The average molecular weight is 433 g/mol. The van der Waals surface area contributed by atoms with Crippen molar-refractivity contribution in [1.82, 2.24) is 14.8 Å². The molecule has 0 aliphatic rings. The Morgan fingerprint density at radius 3 is 2.65 bits per heavy atom. The van der Waals surface area contributed by atoms with E-state index in [4.69, 9.17) is 13.9 Å².